The van der Waals surface area contributed by atoms with Crippen molar-refractivity contribution in [2.24, 2.45) is 5.10 Å². The van der Waals surface area contributed by atoms with Crippen molar-refractivity contribution < 1.29 is 28.6 Å². The van der Waals surface area contributed by atoms with Gasteiger partial charge in [-0.1, -0.05) is 23.2 Å². The van der Waals surface area contributed by atoms with Crippen LogP contribution in [0.4, 0.5) is 5.69 Å². The summed E-state index contributed by atoms with van der Waals surface area (Å²) < 4.78 is 16.0. The number of benzene rings is 3. The largest absolute Gasteiger partial charge is 0.494 e. The molecule has 0 bridgehead atoms. The van der Waals surface area contributed by atoms with Crippen molar-refractivity contribution in [2.75, 3.05) is 19.0 Å². The van der Waals surface area contributed by atoms with E-state index >= 15 is 0 Å². The fourth-order valence-corrected chi connectivity index (χ4v) is 3.35. The van der Waals surface area contributed by atoms with E-state index in [2.05, 4.69) is 15.8 Å². The maximum Gasteiger partial charge on any atom is 0.345 e. The number of ether oxygens (including phenoxy) is 3. The molecule has 0 atom stereocenters. The number of hydrogen-bond donors (Lipinski definition) is 2. The summed E-state index contributed by atoms with van der Waals surface area (Å²) in [5, 5.41) is 6.77. The molecule has 36 heavy (non-hydrogen) atoms. The van der Waals surface area contributed by atoms with E-state index in [9.17, 15) is 14.4 Å². The minimum absolute atomic E-state index is 0.139. The second-order valence-electron chi connectivity index (χ2n) is 7.03. The van der Waals surface area contributed by atoms with Crippen LogP contribution in [0.3, 0.4) is 0 Å². The van der Waals surface area contributed by atoms with Gasteiger partial charge in [-0.2, -0.15) is 5.10 Å². The molecule has 3 aromatic carbocycles. The molecule has 0 fully saturated rings. The van der Waals surface area contributed by atoms with Crippen LogP contribution in [-0.2, 0) is 9.59 Å². The Balaban J connectivity index is 1.59. The van der Waals surface area contributed by atoms with Gasteiger partial charge in [-0.3, -0.25) is 9.59 Å². The van der Waals surface area contributed by atoms with Crippen LogP contribution in [0.1, 0.15) is 22.8 Å². The molecule has 186 valence electrons. The molecule has 3 aromatic rings. The second-order valence-corrected chi connectivity index (χ2v) is 7.88. The van der Waals surface area contributed by atoms with Gasteiger partial charge in [0.05, 0.1) is 30.5 Å². The van der Waals surface area contributed by atoms with Gasteiger partial charge in [0.15, 0.2) is 11.5 Å². The summed E-state index contributed by atoms with van der Waals surface area (Å²) in [5.41, 5.74) is 3.21. The molecular formula is C25H21Cl2N3O6. The molecule has 0 radical (unpaired) electrons. The number of nitrogens with zero attached hydrogens (tertiary/aromatic N) is 1. The van der Waals surface area contributed by atoms with Gasteiger partial charge in [0.1, 0.15) is 5.75 Å². The van der Waals surface area contributed by atoms with Crippen molar-refractivity contribution in [3.8, 4) is 17.2 Å². The summed E-state index contributed by atoms with van der Waals surface area (Å²) in [6, 6.07) is 15.6. The second kappa shape index (κ2) is 12.6. The number of carbonyl (C=O) groups excluding carboxylic acids is 3. The highest BCUT2D eigenvalue weighted by molar-refractivity contribution is 6.39. The first kappa shape index (κ1) is 26.5. The van der Waals surface area contributed by atoms with Crippen LogP contribution in [0.5, 0.6) is 17.2 Å². The highest BCUT2D eigenvalue weighted by Gasteiger charge is 2.16. The minimum Gasteiger partial charge on any atom is -0.494 e. The van der Waals surface area contributed by atoms with Crippen LogP contribution in [0.25, 0.3) is 0 Å². The molecule has 11 heteroatoms. The summed E-state index contributed by atoms with van der Waals surface area (Å²) in [4.78, 5) is 36.5. The first-order valence-electron chi connectivity index (χ1n) is 10.5. The van der Waals surface area contributed by atoms with Crippen molar-refractivity contribution in [1.29, 1.82) is 0 Å². The van der Waals surface area contributed by atoms with E-state index < -0.39 is 17.8 Å². The third-order valence-corrected chi connectivity index (χ3v) is 5.10. The van der Waals surface area contributed by atoms with Crippen molar-refractivity contribution in [3.63, 3.8) is 0 Å². The van der Waals surface area contributed by atoms with Crippen LogP contribution < -0.4 is 25.0 Å². The third kappa shape index (κ3) is 7.21. The number of nitrogens with one attached hydrogen (secondary N) is 2. The number of hydrogen-bond acceptors (Lipinski definition) is 7. The van der Waals surface area contributed by atoms with E-state index in [-0.39, 0.29) is 22.1 Å². The normalized spacial score (nSPS) is 10.6. The van der Waals surface area contributed by atoms with Crippen LogP contribution in [0, 0.1) is 0 Å². The average molecular weight is 530 g/mol. The fourth-order valence-electron chi connectivity index (χ4n) is 2.86. The number of halogens is 2. The number of methoxy groups -OCH3 is 1. The van der Waals surface area contributed by atoms with E-state index in [0.717, 1.165) is 0 Å². The topological polar surface area (TPSA) is 115 Å². The lowest BCUT2D eigenvalue weighted by molar-refractivity contribution is -0.136. The van der Waals surface area contributed by atoms with Gasteiger partial charge in [-0.15, -0.1) is 0 Å². The monoisotopic (exact) mass is 529 g/mol. The molecule has 0 spiro atoms. The van der Waals surface area contributed by atoms with Crippen molar-refractivity contribution >= 4 is 52.9 Å². The van der Waals surface area contributed by atoms with E-state index in [1.165, 1.54) is 43.7 Å². The molecule has 0 aliphatic rings. The highest BCUT2D eigenvalue weighted by atomic mass is 35.5. The molecule has 0 aromatic heterocycles. The minimum atomic E-state index is -0.961. The lowest BCUT2D eigenvalue weighted by atomic mass is 10.2. The highest BCUT2D eigenvalue weighted by Crippen LogP contribution is 2.30. The Morgan fingerprint density at radius 1 is 0.944 bits per heavy atom. The summed E-state index contributed by atoms with van der Waals surface area (Å²) in [5.74, 6) is -1.52. The van der Waals surface area contributed by atoms with E-state index in [4.69, 9.17) is 37.4 Å². The predicted molar refractivity (Wildman–Crippen MR) is 136 cm³/mol. The number of esters is 1. The molecular weight excluding hydrogens is 509 g/mol. The van der Waals surface area contributed by atoms with Gasteiger partial charge in [0.2, 0.25) is 0 Å². The molecule has 2 N–H and O–H groups in total. The lowest BCUT2D eigenvalue weighted by Crippen LogP contribution is -2.32. The van der Waals surface area contributed by atoms with Gasteiger partial charge in [0.25, 0.3) is 0 Å². The van der Waals surface area contributed by atoms with Gasteiger partial charge in [-0.05, 0) is 73.2 Å². The Labute approximate surface area is 216 Å². The van der Waals surface area contributed by atoms with Crippen molar-refractivity contribution in [2.45, 2.75) is 6.92 Å². The molecule has 0 aliphatic carbocycles. The SMILES string of the molecule is CCOc1ccc(NC(=O)C(=O)NN=Cc2ccc(OC(=O)c3ccc(Cl)cc3Cl)c(OC)c2)cc1. The summed E-state index contributed by atoms with van der Waals surface area (Å²) in [6.45, 7) is 2.38. The van der Waals surface area contributed by atoms with Crippen LogP contribution in [0.15, 0.2) is 65.8 Å². The molecule has 9 nitrogen and oxygen atoms in total. The number of carbonyl (C=O) groups is 3. The lowest BCUT2D eigenvalue weighted by Gasteiger charge is -2.10. The number of anilines is 1. The van der Waals surface area contributed by atoms with Crippen LogP contribution in [0.2, 0.25) is 10.0 Å². The molecule has 0 heterocycles. The molecule has 0 saturated carbocycles. The zero-order valence-corrected chi connectivity index (χ0v) is 20.7. The predicted octanol–water partition coefficient (Wildman–Crippen LogP) is 4.71. The number of amides is 2. The van der Waals surface area contributed by atoms with Gasteiger partial charge in [0, 0.05) is 10.7 Å². The quantitative estimate of drug-likeness (QED) is 0.143. The third-order valence-electron chi connectivity index (χ3n) is 4.55. The van der Waals surface area contributed by atoms with Crippen molar-refractivity contribution in [3.05, 3.63) is 81.8 Å². The Bertz CT molecular complexity index is 1300. The number of rotatable bonds is 8. The van der Waals surface area contributed by atoms with E-state index in [1.54, 1.807) is 30.3 Å². The van der Waals surface area contributed by atoms with Crippen LogP contribution in [-0.4, -0.2) is 37.7 Å². The van der Waals surface area contributed by atoms with E-state index in [0.29, 0.717) is 28.6 Å². The summed E-state index contributed by atoms with van der Waals surface area (Å²) in [7, 11) is 1.40. The smallest absolute Gasteiger partial charge is 0.345 e. The Morgan fingerprint density at radius 2 is 1.69 bits per heavy atom. The molecule has 0 saturated heterocycles. The molecule has 0 unspecified atom stereocenters. The van der Waals surface area contributed by atoms with Crippen molar-refractivity contribution in [1.82, 2.24) is 5.43 Å². The summed E-state index contributed by atoms with van der Waals surface area (Å²) >= 11 is 11.9. The zero-order chi connectivity index (χ0) is 26.1. The Kier molecular flexibility index (Phi) is 9.26. The van der Waals surface area contributed by atoms with Gasteiger partial charge in [-0.25, -0.2) is 10.2 Å². The fraction of sp³-hybridized carbons (Fsp3) is 0.120. The Morgan fingerprint density at radius 3 is 2.36 bits per heavy atom. The van der Waals surface area contributed by atoms with Gasteiger partial charge >= 0.3 is 17.8 Å². The first-order valence-corrected chi connectivity index (χ1v) is 11.3. The molecule has 0 aliphatic heterocycles. The average Bonchev–Trinajstić information content (AvgIpc) is 2.86. The summed E-state index contributed by atoms with van der Waals surface area (Å²) in [6.07, 6.45) is 1.30. The maximum atomic E-state index is 12.5. The standard InChI is InChI=1S/C25H21Cl2N3O6/c1-3-35-18-8-6-17(7-9-18)29-23(31)24(32)30-28-14-15-4-11-21(22(12-15)34-2)36-25(33)19-10-5-16(26)13-20(19)27/h4-14H,3H2,1-2H3,(H,29,31)(H,30,32). The maximum absolute atomic E-state index is 12.5. The Hall–Kier alpha value is -4.08. The molecule has 3 rings (SSSR count). The number of hydrazone groups is 1. The zero-order valence-electron chi connectivity index (χ0n) is 19.2. The van der Waals surface area contributed by atoms with E-state index in [1.807, 2.05) is 6.92 Å². The van der Waals surface area contributed by atoms with Crippen LogP contribution >= 0.6 is 23.2 Å². The molecule has 2 amide bonds. The van der Waals surface area contributed by atoms with Gasteiger partial charge < -0.3 is 19.5 Å². The first-order chi connectivity index (χ1) is 17.3.